The van der Waals surface area contributed by atoms with Crippen molar-refractivity contribution in [2.24, 2.45) is 5.73 Å². The molecule has 106 valence electrons. The van der Waals surface area contributed by atoms with E-state index >= 15 is 0 Å². The molecule has 0 spiro atoms. The number of halogens is 2. The van der Waals surface area contributed by atoms with Gasteiger partial charge < -0.3 is 10.6 Å². The minimum absolute atomic E-state index is 0.125. The molecule has 0 aromatic carbocycles. The van der Waals surface area contributed by atoms with Crippen LogP contribution in [0.2, 0.25) is 0 Å². The number of nitrogens with two attached hydrogens (primary N) is 1. The molecule has 2 amide bonds. The summed E-state index contributed by atoms with van der Waals surface area (Å²) >= 11 is 0. The summed E-state index contributed by atoms with van der Waals surface area (Å²) in [5, 5.41) is 0. The highest BCUT2D eigenvalue weighted by atomic mass is 19.3. The third kappa shape index (κ3) is 4.46. The van der Waals surface area contributed by atoms with Crippen LogP contribution in [0.5, 0.6) is 0 Å². The lowest BCUT2D eigenvalue weighted by atomic mass is 10.0. The topological polar surface area (TPSA) is 63.4 Å². The molecule has 0 aromatic heterocycles. The number of primary amides is 1. The molecule has 0 aliphatic carbocycles. The van der Waals surface area contributed by atoms with Crippen LogP contribution in [0, 0.1) is 0 Å². The lowest BCUT2D eigenvalue weighted by Gasteiger charge is -2.25. The van der Waals surface area contributed by atoms with E-state index in [0.29, 0.717) is 12.0 Å². The maximum Gasteiger partial charge on any atom is 0.249 e. The van der Waals surface area contributed by atoms with Crippen molar-refractivity contribution < 1.29 is 18.4 Å². The molecule has 1 atom stereocenters. The standard InChI is InChI=1S/C13H18F2N2O2/c1-3-10(12(16)19)17-6-4-5-9(7-11(17)18)8-13(2,14)15/h4-6,10H,3,7-8H2,1-2H3,(H2,16,19). The van der Waals surface area contributed by atoms with E-state index in [9.17, 15) is 18.4 Å². The van der Waals surface area contributed by atoms with Crippen LogP contribution in [-0.2, 0) is 9.59 Å². The molecule has 6 heteroatoms. The van der Waals surface area contributed by atoms with Crippen molar-refractivity contribution >= 4 is 11.8 Å². The highest BCUT2D eigenvalue weighted by Gasteiger charge is 2.29. The lowest BCUT2D eigenvalue weighted by Crippen LogP contribution is -2.44. The number of allylic oxidation sites excluding steroid dienone is 2. The minimum atomic E-state index is -2.86. The molecule has 19 heavy (non-hydrogen) atoms. The van der Waals surface area contributed by atoms with E-state index in [1.54, 1.807) is 6.92 Å². The van der Waals surface area contributed by atoms with Gasteiger partial charge in [-0.3, -0.25) is 9.59 Å². The summed E-state index contributed by atoms with van der Waals surface area (Å²) in [6.45, 7) is 2.54. The first-order valence-corrected chi connectivity index (χ1v) is 6.09. The molecule has 1 unspecified atom stereocenters. The number of amides is 2. The number of hydrogen-bond donors (Lipinski definition) is 1. The van der Waals surface area contributed by atoms with Crippen LogP contribution in [-0.4, -0.2) is 28.7 Å². The lowest BCUT2D eigenvalue weighted by molar-refractivity contribution is -0.135. The molecule has 1 heterocycles. The normalized spacial score (nSPS) is 18.0. The fraction of sp³-hybridized carbons (Fsp3) is 0.538. The van der Waals surface area contributed by atoms with E-state index in [0.717, 1.165) is 6.92 Å². The van der Waals surface area contributed by atoms with Crippen LogP contribution in [0.15, 0.2) is 23.9 Å². The van der Waals surface area contributed by atoms with E-state index in [4.69, 9.17) is 5.73 Å². The van der Waals surface area contributed by atoms with Crippen molar-refractivity contribution in [1.29, 1.82) is 0 Å². The maximum absolute atomic E-state index is 13.0. The number of carbonyl (C=O) groups excluding carboxylic acids is 2. The van der Waals surface area contributed by atoms with E-state index < -0.39 is 30.2 Å². The SMILES string of the molecule is CCC(C(N)=O)N1C=CC=C(CC(C)(F)F)CC1=O. The summed E-state index contributed by atoms with van der Waals surface area (Å²) in [4.78, 5) is 24.5. The second-order valence-corrected chi connectivity index (χ2v) is 4.72. The molecule has 0 radical (unpaired) electrons. The van der Waals surface area contributed by atoms with Crippen LogP contribution >= 0.6 is 0 Å². The van der Waals surface area contributed by atoms with Crippen LogP contribution in [0.3, 0.4) is 0 Å². The van der Waals surface area contributed by atoms with Gasteiger partial charge in [-0.1, -0.05) is 18.6 Å². The Morgan fingerprint density at radius 2 is 2.21 bits per heavy atom. The minimum Gasteiger partial charge on any atom is -0.368 e. The average Bonchev–Trinajstić information content (AvgIpc) is 2.39. The third-order valence-corrected chi connectivity index (χ3v) is 2.83. The van der Waals surface area contributed by atoms with Crippen molar-refractivity contribution in [1.82, 2.24) is 4.90 Å². The van der Waals surface area contributed by atoms with Gasteiger partial charge in [-0.25, -0.2) is 8.78 Å². The number of nitrogens with zero attached hydrogens (tertiary/aromatic N) is 1. The maximum atomic E-state index is 13.0. The summed E-state index contributed by atoms with van der Waals surface area (Å²) in [6, 6.07) is -0.737. The van der Waals surface area contributed by atoms with E-state index in [1.807, 2.05) is 0 Å². The quantitative estimate of drug-likeness (QED) is 0.831. The number of rotatable bonds is 5. The summed E-state index contributed by atoms with van der Waals surface area (Å²) in [5.74, 6) is -3.86. The van der Waals surface area contributed by atoms with E-state index in [-0.39, 0.29) is 6.42 Å². The number of alkyl halides is 2. The van der Waals surface area contributed by atoms with Crippen LogP contribution in [0.4, 0.5) is 8.78 Å². The molecule has 2 N–H and O–H groups in total. The Kier molecular flexibility index (Phi) is 4.80. The van der Waals surface area contributed by atoms with Gasteiger partial charge in [0.15, 0.2) is 0 Å². The van der Waals surface area contributed by atoms with E-state index in [1.165, 1.54) is 23.3 Å². The zero-order valence-electron chi connectivity index (χ0n) is 11.0. The smallest absolute Gasteiger partial charge is 0.249 e. The molecular weight excluding hydrogens is 254 g/mol. The van der Waals surface area contributed by atoms with Crippen molar-refractivity contribution in [3.05, 3.63) is 23.9 Å². The van der Waals surface area contributed by atoms with Crippen LogP contribution < -0.4 is 5.73 Å². The first kappa shape index (κ1) is 15.3. The monoisotopic (exact) mass is 272 g/mol. The molecule has 1 rings (SSSR count). The van der Waals surface area contributed by atoms with Crippen LogP contribution in [0.1, 0.15) is 33.1 Å². The fourth-order valence-electron chi connectivity index (χ4n) is 2.03. The molecule has 0 saturated carbocycles. The Morgan fingerprint density at radius 3 is 2.68 bits per heavy atom. The van der Waals surface area contributed by atoms with Crippen molar-refractivity contribution in [2.45, 2.75) is 45.1 Å². The van der Waals surface area contributed by atoms with Gasteiger partial charge in [-0.05, 0) is 19.4 Å². The Labute approximate surface area is 110 Å². The first-order valence-electron chi connectivity index (χ1n) is 6.09. The second-order valence-electron chi connectivity index (χ2n) is 4.72. The van der Waals surface area contributed by atoms with Crippen LogP contribution in [0.25, 0.3) is 0 Å². The Morgan fingerprint density at radius 1 is 1.58 bits per heavy atom. The summed E-state index contributed by atoms with van der Waals surface area (Å²) in [7, 11) is 0. The summed E-state index contributed by atoms with van der Waals surface area (Å²) < 4.78 is 25.9. The van der Waals surface area contributed by atoms with Gasteiger partial charge in [0.05, 0.1) is 0 Å². The Bertz CT molecular complexity index is 425. The Hall–Kier alpha value is -1.72. The second kappa shape index (κ2) is 5.95. The van der Waals surface area contributed by atoms with Gasteiger partial charge in [-0.15, -0.1) is 0 Å². The average molecular weight is 272 g/mol. The molecule has 0 bridgehead atoms. The predicted octanol–water partition coefficient (Wildman–Crippen LogP) is 1.97. The largest absolute Gasteiger partial charge is 0.368 e. The van der Waals surface area contributed by atoms with Gasteiger partial charge >= 0.3 is 0 Å². The molecular formula is C13H18F2N2O2. The molecule has 0 saturated heterocycles. The van der Waals surface area contributed by atoms with Crippen molar-refractivity contribution in [2.75, 3.05) is 0 Å². The molecule has 1 aliphatic rings. The van der Waals surface area contributed by atoms with Crippen molar-refractivity contribution in [3.8, 4) is 0 Å². The molecule has 0 aromatic rings. The predicted molar refractivity (Wildman–Crippen MR) is 67.2 cm³/mol. The third-order valence-electron chi connectivity index (χ3n) is 2.83. The van der Waals surface area contributed by atoms with Crippen molar-refractivity contribution in [3.63, 3.8) is 0 Å². The number of hydrogen-bond acceptors (Lipinski definition) is 2. The summed E-state index contributed by atoms with van der Waals surface area (Å²) in [6.07, 6.45) is 4.19. The highest BCUT2D eigenvalue weighted by molar-refractivity contribution is 5.88. The molecule has 1 aliphatic heterocycles. The molecule has 0 fully saturated rings. The van der Waals surface area contributed by atoms with Gasteiger partial charge in [-0.2, -0.15) is 0 Å². The van der Waals surface area contributed by atoms with Gasteiger partial charge in [0.25, 0.3) is 0 Å². The zero-order valence-corrected chi connectivity index (χ0v) is 11.0. The summed E-state index contributed by atoms with van der Waals surface area (Å²) in [5.41, 5.74) is 5.57. The Balaban J connectivity index is 2.83. The fourth-order valence-corrected chi connectivity index (χ4v) is 2.03. The van der Waals surface area contributed by atoms with Gasteiger partial charge in [0.2, 0.25) is 17.7 Å². The van der Waals surface area contributed by atoms with E-state index in [2.05, 4.69) is 0 Å². The molecule has 4 nitrogen and oxygen atoms in total. The highest BCUT2D eigenvalue weighted by Crippen LogP contribution is 2.26. The zero-order chi connectivity index (χ0) is 14.6. The van der Waals surface area contributed by atoms with Gasteiger partial charge in [0, 0.05) is 19.0 Å². The number of carbonyl (C=O) groups is 2. The van der Waals surface area contributed by atoms with Gasteiger partial charge in [0.1, 0.15) is 6.04 Å². The first-order chi connectivity index (χ1) is 8.74.